The van der Waals surface area contributed by atoms with Crippen molar-refractivity contribution in [1.29, 1.82) is 0 Å². The molecule has 7 nitrogen and oxygen atoms in total. The van der Waals surface area contributed by atoms with Gasteiger partial charge in [0.1, 0.15) is 5.56 Å². The summed E-state index contributed by atoms with van der Waals surface area (Å²) in [5.74, 6) is -1.96. The fourth-order valence-electron chi connectivity index (χ4n) is 2.85. The zero-order valence-electron chi connectivity index (χ0n) is 14.1. The molecule has 1 aliphatic heterocycles. The van der Waals surface area contributed by atoms with Gasteiger partial charge in [0.25, 0.3) is 5.91 Å². The molecular weight excluding hydrogens is 367 g/mol. The topological polar surface area (TPSA) is 84.7 Å². The molecule has 2 aromatic rings. The van der Waals surface area contributed by atoms with Crippen molar-refractivity contribution in [2.24, 2.45) is 0 Å². The number of carboxylic acid groups (broad SMARTS) is 1. The lowest BCUT2D eigenvalue weighted by Crippen LogP contribution is -2.33. The Bertz CT molecular complexity index is 838. The van der Waals surface area contributed by atoms with Crippen molar-refractivity contribution < 1.29 is 32.6 Å². The van der Waals surface area contributed by atoms with Crippen molar-refractivity contribution in [3.05, 3.63) is 47.3 Å². The molecule has 1 fully saturated rings. The first-order valence-corrected chi connectivity index (χ1v) is 8.15. The van der Waals surface area contributed by atoms with E-state index in [-0.39, 0.29) is 11.6 Å². The van der Waals surface area contributed by atoms with Crippen LogP contribution in [0.5, 0.6) is 0 Å². The number of carboxylic acids is 1. The molecule has 0 bridgehead atoms. The van der Waals surface area contributed by atoms with Gasteiger partial charge in [0.2, 0.25) is 0 Å². The Hall–Kier alpha value is -2.88. The highest BCUT2D eigenvalue weighted by molar-refractivity contribution is 5.94. The number of halogens is 3. The standard InChI is InChI=1S/C17H16F3N3O4/c18-17(19,20)14-13(16(25)26)10-21-23(14)12-4-2-11(3-5-12)15(24)22-6-1-8-27-9-7-22/h2-5,10H,1,6-9H2,(H,25,26). The molecule has 144 valence electrons. The minimum absolute atomic E-state index is 0.00516. The maximum absolute atomic E-state index is 13.3. The van der Waals surface area contributed by atoms with Gasteiger partial charge in [-0.2, -0.15) is 18.3 Å². The average Bonchev–Trinajstić information content (AvgIpc) is 2.91. The molecule has 0 atom stereocenters. The Morgan fingerprint density at radius 1 is 1.11 bits per heavy atom. The number of nitrogens with zero attached hydrogens (tertiary/aromatic N) is 3. The van der Waals surface area contributed by atoms with E-state index < -0.39 is 23.4 Å². The fourth-order valence-corrected chi connectivity index (χ4v) is 2.85. The van der Waals surface area contributed by atoms with Gasteiger partial charge >= 0.3 is 12.1 Å². The summed E-state index contributed by atoms with van der Waals surface area (Å²) in [5.41, 5.74) is -1.99. The predicted octanol–water partition coefficient (Wildman–Crippen LogP) is 2.45. The summed E-state index contributed by atoms with van der Waals surface area (Å²) in [5, 5.41) is 12.5. The van der Waals surface area contributed by atoms with Gasteiger partial charge < -0.3 is 14.7 Å². The Morgan fingerprint density at radius 3 is 2.44 bits per heavy atom. The molecule has 1 aromatic carbocycles. The van der Waals surface area contributed by atoms with Gasteiger partial charge in [-0.1, -0.05) is 0 Å². The van der Waals surface area contributed by atoms with Crippen LogP contribution in [0.15, 0.2) is 30.5 Å². The molecule has 0 radical (unpaired) electrons. The highest BCUT2D eigenvalue weighted by Crippen LogP contribution is 2.33. The Labute approximate surface area is 151 Å². The lowest BCUT2D eigenvalue weighted by Gasteiger charge is -2.19. The van der Waals surface area contributed by atoms with Crippen LogP contribution in [-0.2, 0) is 10.9 Å². The van der Waals surface area contributed by atoms with Crippen molar-refractivity contribution >= 4 is 11.9 Å². The van der Waals surface area contributed by atoms with Crippen LogP contribution in [0.2, 0.25) is 0 Å². The maximum atomic E-state index is 13.3. The van der Waals surface area contributed by atoms with Gasteiger partial charge in [0.15, 0.2) is 5.69 Å². The lowest BCUT2D eigenvalue weighted by atomic mass is 10.1. The van der Waals surface area contributed by atoms with Gasteiger partial charge in [0.05, 0.1) is 18.5 Å². The monoisotopic (exact) mass is 383 g/mol. The molecule has 1 amide bonds. The van der Waals surface area contributed by atoms with E-state index >= 15 is 0 Å². The number of aromatic carboxylic acids is 1. The summed E-state index contributed by atoms with van der Waals surface area (Å²) >= 11 is 0. The minimum Gasteiger partial charge on any atom is -0.478 e. The second-order valence-electron chi connectivity index (χ2n) is 5.93. The predicted molar refractivity (Wildman–Crippen MR) is 86.9 cm³/mol. The summed E-state index contributed by atoms with van der Waals surface area (Å²) < 4.78 is 45.6. The molecule has 0 saturated carbocycles. The number of ether oxygens (including phenoxy) is 1. The normalized spacial score (nSPS) is 15.4. The second kappa shape index (κ2) is 7.39. The number of carbonyl (C=O) groups excluding carboxylic acids is 1. The number of hydrogen-bond donors (Lipinski definition) is 1. The van der Waals surface area contributed by atoms with Crippen LogP contribution >= 0.6 is 0 Å². The van der Waals surface area contributed by atoms with E-state index in [1.807, 2.05) is 0 Å². The van der Waals surface area contributed by atoms with E-state index in [0.717, 1.165) is 0 Å². The van der Waals surface area contributed by atoms with Gasteiger partial charge in [-0.15, -0.1) is 0 Å². The molecule has 10 heteroatoms. The van der Waals surface area contributed by atoms with Crippen molar-refractivity contribution in [3.8, 4) is 5.69 Å². The number of carbonyl (C=O) groups is 2. The minimum atomic E-state index is -4.90. The average molecular weight is 383 g/mol. The molecule has 0 unspecified atom stereocenters. The Kier molecular flexibility index (Phi) is 5.17. The van der Waals surface area contributed by atoms with Crippen LogP contribution in [0.25, 0.3) is 5.69 Å². The van der Waals surface area contributed by atoms with Crippen LogP contribution in [0.1, 0.15) is 32.8 Å². The maximum Gasteiger partial charge on any atom is 0.434 e. The number of aromatic nitrogens is 2. The van der Waals surface area contributed by atoms with E-state index in [1.54, 1.807) is 4.90 Å². The quantitative estimate of drug-likeness (QED) is 0.880. The van der Waals surface area contributed by atoms with Gasteiger partial charge in [0, 0.05) is 25.3 Å². The second-order valence-corrected chi connectivity index (χ2v) is 5.93. The Morgan fingerprint density at radius 2 is 1.81 bits per heavy atom. The van der Waals surface area contributed by atoms with Crippen molar-refractivity contribution in [2.75, 3.05) is 26.3 Å². The third-order valence-electron chi connectivity index (χ3n) is 4.14. The number of benzene rings is 1. The van der Waals surface area contributed by atoms with Crippen LogP contribution in [-0.4, -0.2) is 58.0 Å². The van der Waals surface area contributed by atoms with E-state index in [9.17, 15) is 22.8 Å². The first kappa shape index (κ1) is 18.9. The Balaban J connectivity index is 1.90. The molecular formula is C17H16F3N3O4. The lowest BCUT2D eigenvalue weighted by molar-refractivity contribution is -0.143. The summed E-state index contributed by atoms with van der Waals surface area (Å²) in [7, 11) is 0. The van der Waals surface area contributed by atoms with Crippen molar-refractivity contribution in [3.63, 3.8) is 0 Å². The summed E-state index contributed by atoms with van der Waals surface area (Å²) in [4.78, 5) is 25.2. The van der Waals surface area contributed by atoms with E-state index in [2.05, 4.69) is 5.10 Å². The zero-order valence-corrected chi connectivity index (χ0v) is 14.1. The van der Waals surface area contributed by atoms with Gasteiger partial charge in [-0.05, 0) is 30.7 Å². The summed E-state index contributed by atoms with van der Waals surface area (Å²) in [6, 6.07) is 5.39. The van der Waals surface area contributed by atoms with E-state index in [1.165, 1.54) is 24.3 Å². The highest BCUT2D eigenvalue weighted by Gasteiger charge is 2.40. The smallest absolute Gasteiger partial charge is 0.434 e. The SMILES string of the molecule is O=C(O)c1cnn(-c2ccc(C(=O)N3CCCOCC3)cc2)c1C(F)(F)F. The largest absolute Gasteiger partial charge is 0.478 e. The van der Waals surface area contributed by atoms with Crippen LogP contribution in [0.4, 0.5) is 13.2 Å². The molecule has 1 aliphatic rings. The first-order chi connectivity index (χ1) is 12.8. The molecule has 1 N–H and O–H groups in total. The molecule has 27 heavy (non-hydrogen) atoms. The van der Waals surface area contributed by atoms with Crippen molar-refractivity contribution in [1.82, 2.24) is 14.7 Å². The molecule has 1 aromatic heterocycles. The molecule has 2 heterocycles. The number of amides is 1. The zero-order chi connectivity index (χ0) is 19.6. The molecule has 3 rings (SSSR count). The third kappa shape index (κ3) is 3.95. The number of alkyl halides is 3. The first-order valence-electron chi connectivity index (χ1n) is 8.15. The highest BCUT2D eigenvalue weighted by atomic mass is 19.4. The molecule has 0 aliphatic carbocycles. The van der Waals surface area contributed by atoms with Gasteiger partial charge in [-0.25, -0.2) is 9.48 Å². The van der Waals surface area contributed by atoms with Crippen LogP contribution in [0.3, 0.4) is 0 Å². The summed E-state index contributed by atoms with van der Waals surface area (Å²) in [6.07, 6.45) is -3.53. The van der Waals surface area contributed by atoms with E-state index in [0.29, 0.717) is 49.2 Å². The van der Waals surface area contributed by atoms with E-state index in [4.69, 9.17) is 9.84 Å². The number of rotatable bonds is 3. The summed E-state index contributed by atoms with van der Waals surface area (Å²) in [6.45, 7) is 2.00. The van der Waals surface area contributed by atoms with Gasteiger partial charge in [-0.3, -0.25) is 4.79 Å². The third-order valence-corrected chi connectivity index (χ3v) is 4.14. The van der Waals surface area contributed by atoms with Crippen LogP contribution < -0.4 is 0 Å². The molecule has 1 saturated heterocycles. The van der Waals surface area contributed by atoms with Crippen molar-refractivity contribution in [2.45, 2.75) is 12.6 Å². The fraction of sp³-hybridized carbons (Fsp3) is 0.353. The number of hydrogen-bond acceptors (Lipinski definition) is 4. The van der Waals surface area contributed by atoms with Crippen LogP contribution in [0, 0.1) is 0 Å². The molecule has 0 spiro atoms.